The number of nitrogens with zero attached hydrogens (tertiary/aromatic N) is 4. The number of urea groups is 1. The van der Waals surface area contributed by atoms with Crippen molar-refractivity contribution in [3.63, 3.8) is 0 Å². The zero-order chi connectivity index (χ0) is 30.6. The highest BCUT2D eigenvalue weighted by molar-refractivity contribution is 6.30. The van der Waals surface area contributed by atoms with Gasteiger partial charge in [0, 0.05) is 49.4 Å². The lowest BCUT2D eigenvalue weighted by Crippen LogP contribution is -2.55. The molecule has 0 radical (unpaired) electrons. The summed E-state index contributed by atoms with van der Waals surface area (Å²) in [6, 6.07) is 14.4. The number of carbonyl (C=O) groups is 1. The first-order chi connectivity index (χ1) is 20.7. The van der Waals surface area contributed by atoms with Crippen molar-refractivity contribution in [2.24, 2.45) is 10.9 Å². The molecule has 2 unspecified atom stereocenters. The van der Waals surface area contributed by atoms with Crippen molar-refractivity contribution >= 4 is 35.1 Å². The van der Waals surface area contributed by atoms with Gasteiger partial charge in [-0.15, -0.1) is 0 Å². The Bertz CT molecular complexity index is 1320. The molecule has 0 bridgehead atoms. The molecule has 3 aliphatic rings. The Morgan fingerprint density at radius 3 is 2.09 bits per heavy atom. The van der Waals surface area contributed by atoms with Gasteiger partial charge in [0.15, 0.2) is 0 Å². The second kappa shape index (κ2) is 13.9. The predicted molar refractivity (Wildman–Crippen MR) is 171 cm³/mol. The van der Waals surface area contributed by atoms with E-state index in [1.807, 2.05) is 103 Å². The lowest BCUT2D eigenvalue weighted by atomic mass is 9.93. The first-order valence-electron chi connectivity index (χ1n) is 14.9. The minimum absolute atomic E-state index is 0.0487. The topological polar surface area (TPSA) is 77.8 Å². The highest BCUT2D eigenvalue weighted by Gasteiger charge is 2.46. The summed E-state index contributed by atoms with van der Waals surface area (Å²) in [6.07, 6.45) is 7.83. The van der Waals surface area contributed by atoms with Crippen molar-refractivity contribution in [1.82, 2.24) is 14.7 Å². The molecule has 2 aliphatic heterocycles. The average Bonchev–Trinajstić information content (AvgIpc) is 3.39. The maximum atomic E-state index is 14.5. The minimum Gasteiger partial charge on any atom is -0.395 e. The van der Waals surface area contributed by atoms with Crippen LogP contribution in [0.2, 0.25) is 10.0 Å². The summed E-state index contributed by atoms with van der Waals surface area (Å²) in [6.45, 7) is 9.60. The number of β-amino-alcohol motifs (C(OH)–C–C–N with tert-alkyl or cyclic N) is 1. The molecule has 8 nitrogen and oxygen atoms in total. The van der Waals surface area contributed by atoms with E-state index < -0.39 is 11.8 Å². The SMILES string of the molecule is CCOC1(OC(C)C)C=CC(C2=NC(c3ccc(Cl)cc3)C(c3ccc(Cl)cc3)N2C(=O)N2CCN(CCO)CC2)C=C1. The quantitative estimate of drug-likeness (QED) is 0.268. The number of aliphatic hydroxyl groups is 1. The van der Waals surface area contributed by atoms with Crippen LogP contribution in [0.4, 0.5) is 4.79 Å². The van der Waals surface area contributed by atoms with Crippen LogP contribution in [0.25, 0.3) is 0 Å². The van der Waals surface area contributed by atoms with Crippen LogP contribution in [-0.2, 0) is 9.47 Å². The van der Waals surface area contributed by atoms with Gasteiger partial charge in [-0.05, 0) is 68.3 Å². The fourth-order valence-electron chi connectivity index (χ4n) is 5.96. The fraction of sp³-hybridized carbons (Fsp3) is 0.455. The van der Waals surface area contributed by atoms with Gasteiger partial charge in [0.2, 0.25) is 5.79 Å². The van der Waals surface area contributed by atoms with Crippen LogP contribution < -0.4 is 0 Å². The van der Waals surface area contributed by atoms with Gasteiger partial charge >= 0.3 is 6.03 Å². The van der Waals surface area contributed by atoms with Crippen molar-refractivity contribution in [3.8, 4) is 0 Å². The number of rotatable bonds is 9. The molecule has 43 heavy (non-hydrogen) atoms. The molecular formula is C33H40Cl2N4O4. The zero-order valence-corrected chi connectivity index (χ0v) is 26.4. The molecule has 0 aromatic heterocycles. The fourth-order valence-corrected chi connectivity index (χ4v) is 6.21. The number of amidine groups is 1. The maximum absolute atomic E-state index is 14.5. The molecule has 5 rings (SSSR count). The Balaban J connectivity index is 1.55. The summed E-state index contributed by atoms with van der Waals surface area (Å²) in [5.41, 5.74) is 1.89. The van der Waals surface area contributed by atoms with Gasteiger partial charge in [-0.25, -0.2) is 4.79 Å². The first-order valence-corrected chi connectivity index (χ1v) is 15.7. The minimum atomic E-state index is -0.971. The smallest absolute Gasteiger partial charge is 0.326 e. The monoisotopic (exact) mass is 626 g/mol. The van der Waals surface area contributed by atoms with Crippen molar-refractivity contribution in [2.45, 2.75) is 44.7 Å². The van der Waals surface area contributed by atoms with Crippen molar-refractivity contribution in [3.05, 3.63) is 94.0 Å². The molecular weight excluding hydrogens is 587 g/mol. The summed E-state index contributed by atoms with van der Waals surface area (Å²) in [4.78, 5) is 25.7. The summed E-state index contributed by atoms with van der Waals surface area (Å²) in [5.74, 6) is -0.595. The van der Waals surface area contributed by atoms with Crippen LogP contribution in [0.3, 0.4) is 0 Å². The molecule has 1 aliphatic carbocycles. The van der Waals surface area contributed by atoms with Crippen LogP contribution >= 0.6 is 23.2 Å². The van der Waals surface area contributed by atoms with Crippen LogP contribution in [0, 0.1) is 5.92 Å². The normalized spacial score (nSPS) is 25.9. The van der Waals surface area contributed by atoms with E-state index in [0.29, 0.717) is 55.2 Å². The first kappa shape index (κ1) is 31.7. The molecule has 230 valence electrons. The van der Waals surface area contributed by atoms with E-state index >= 15 is 0 Å². The number of halogens is 2. The summed E-state index contributed by atoms with van der Waals surface area (Å²) in [7, 11) is 0. The largest absolute Gasteiger partial charge is 0.395 e. The predicted octanol–water partition coefficient (Wildman–Crippen LogP) is 6.12. The van der Waals surface area contributed by atoms with Gasteiger partial charge in [0.1, 0.15) is 11.9 Å². The highest BCUT2D eigenvalue weighted by Crippen LogP contribution is 2.45. The van der Waals surface area contributed by atoms with E-state index in [4.69, 9.17) is 37.7 Å². The molecule has 2 atom stereocenters. The molecule has 2 aromatic rings. The molecule has 2 amide bonds. The Morgan fingerprint density at radius 1 is 0.977 bits per heavy atom. The van der Waals surface area contributed by atoms with Gasteiger partial charge < -0.3 is 19.5 Å². The molecule has 1 saturated heterocycles. The van der Waals surface area contributed by atoms with E-state index in [-0.39, 0.29) is 30.7 Å². The van der Waals surface area contributed by atoms with Gasteiger partial charge in [-0.3, -0.25) is 14.8 Å². The third kappa shape index (κ3) is 7.17. The summed E-state index contributed by atoms with van der Waals surface area (Å²) >= 11 is 12.6. The van der Waals surface area contributed by atoms with Crippen LogP contribution in [-0.4, -0.2) is 89.5 Å². The van der Waals surface area contributed by atoms with Gasteiger partial charge in [0.25, 0.3) is 0 Å². The Kier molecular flexibility index (Phi) is 10.3. The molecule has 1 fully saturated rings. The molecule has 0 spiro atoms. The highest BCUT2D eigenvalue weighted by atomic mass is 35.5. The van der Waals surface area contributed by atoms with Gasteiger partial charge in [-0.1, -0.05) is 59.6 Å². The van der Waals surface area contributed by atoms with E-state index in [1.54, 1.807) is 0 Å². The summed E-state index contributed by atoms with van der Waals surface area (Å²) < 4.78 is 12.2. The molecule has 1 N–H and O–H groups in total. The average molecular weight is 628 g/mol. The molecule has 2 heterocycles. The number of hydrogen-bond donors (Lipinski definition) is 1. The van der Waals surface area contributed by atoms with E-state index in [9.17, 15) is 9.90 Å². The maximum Gasteiger partial charge on any atom is 0.326 e. The van der Waals surface area contributed by atoms with Crippen LogP contribution in [0.1, 0.15) is 44.0 Å². The second-order valence-electron chi connectivity index (χ2n) is 11.2. The van der Waals surface area contributed by atoms with Gasteiger partial charge in [0.05, 0.1) is 24.7 Å². The lowest BCUT2D eigenvalue weighted by Gasteiger charge is -2.40. The number of benzene rings is 2. The number of aliphatic imine (C=N–C) groups is 1. The molecule has 10 heteroatoms. The van der Waals surface area contributed by atoms with Gasteiger partial charge in [-0.2, -0.15) is 0 Å². The number of hydrogen-bond acceptors (Lipinski definition) is 6. The number of piperazine rings is 1. The third-order valence-electron chi connectivity index (χ3n) is 7.94. The Hall–Kier alpha value is -2.72. The van der Waals surface area contributed by atoms with Crippen molar-refractivity contribution < 1.29 is 19.4 Å². The van der Waals surface area contributed by atoms with Crippen LogP contribution in [0.5, 0.6) is 0 Å². The number of aliphatic hydroxyl groups excluding tert-OH is 1. The number of amides is 2. The van der Waals surface area contributed by atoms with Crippen LogP contribution in [0.15, 0.2) is 77.8 Å². The van der Waals surface area contributed by atoms with E-state index in [1.165, 1.54) is 0 Å². The Labute approximate surface area is 264 Å². The van der Waals surface area contributed by atoms with E-state index in [2.05, 4.69) is 4.90 Å². The van der Waals surface area contributed by atoms with E-state index in [0.717, 1.165) is 11.1 Å². The summed E-state index contributed by atoms with van der Waals surface area (Å²) in [5, 5.41) is 10.7. The zero-order valence-electron chi connectivity index (χ0n) is 24.9. The standard InChI is InChI=1S/C33H40Cl2N4O4/c1-4-42-33(43-23(2)3)15-13-26(14-16-33)31-36-29(24-5-9-27(34)10-6-24)30(25-7-11-28(35)12-8-25)39(31)32(41)38-19-17-37(18-20-38)21-22-40/h5-16,23,26,29-30,40H,4,17-22H2,1-3H3. The number of ether oxygens (including phenoxy) is 2. The van der Waals surface area contributed by atoms with Crippen molar-refractivity contribution in [2.75, 3.05) is 45.9 Å². The third-order valence-corrected chi connectivity index (χ3v) is 8.45. The second-order valence-corrected chi connectivity index (χ2v) is 12.1. The number of carbonyl (C=O) groups excluding carboxylic acids is 1. The lowest BCUT2D eigenvalue weighted by molar-refractivity contribution is -0.189. The Morgan fingerprint density at radius 2 is 1.56 bits per heavy atom. The molecule has 2 aromatic carbocycles. The molecule has 0 saturated carbocycles. The van der Waals surface area contributed by atoms with Crippen molar-refractivity contribution in [1.29, 1.82) is 0 Å².